The SMILES string of the molecule is CC[n+]1ccc(C)cc1.CC[n+]1ccc(C)cc1.O=S(=O)([O-])c1ccc(S(=O)(=O)[O-])cc1. The minimum absolute atomic E-state index is 0.579. The molecule has 174 valence electrons. The third-order valence-corrected chi connectivity index (χ3v) is 5.95. The largest absolute Gasteiger partial charge is 0.744 e. The van der Waals surface area contributed by atoms with Gasteiger partial charge in [-0.1, -0.05) is 0 Å². The Bertz CT molecular complexity index is 1080. The smallest absolute Gasteiger partial charge is 0.169 e. The Kier molecular flexibility index (Phi) is 10.6. The quantitative estimate of drug-likeness (QED) is 0.416. The molecule has 2 heterocycles. The average molecular weight is 481 g/mol. The van der Waals surface area contributed by atoms with E-state index in [-0.39, 0.29) is 0 Å². The minimum atomic E-state index is -4.61. The van der Waals surface area contributed by atoms with Crippen molar-refractivity contribution in [3.05, 3.63) is 84.4 Å². The van der Waals surface area contributed by atoms with E-state index in [4.69, 9.17) is 0 Å². The Morgan fingerprint density at radius 3 is 1.03 bits per heavy atom. The van der Waals surface area contributed by atoms with E-state index in [1.165, 1.54) is 11.1 Å². The first kappa shape index (κ1) is 27.4. The molecule has 0 aliphatic rings. The maximum absolute atomic E-state index is 10.4. The molecule has 0 bridgehead atoms. The fourth-order valence-electron chi connectivity index (χ4n) is 2.26. The maximum atomic E-state index is 10.4. The van der Waals surface area contributed by atoms with Crippen molar-refractivity contribution < 1.29 is 35.1 Å². The number of rotatable bonds is 4. The second kappa shape index (κ2) is 12.4. The van der Waals surface area contributed by atoms with Crippen LogP contribution in [0.25, 0.3) is 0 Å². The van der Waals surface area contributed by atoms with E-state index in [2.05, 4.69) is 85.9 Å². The van der Waals surface area contributed by atoms with Crippen LogP contribution < -0.4 is 9.13 Å². The molecule has 0 radical (unpaired) electrons. The summed E-state index contributed by atoms with van der Waals surface area (Å²) in [4.78, 5) is -1.16. The summed E-state index contributed by atoms with van der Waals surface area (Å²) in [6.45, 7) is 10.6. The van der Waals surface area contributed by atoms with E-state index in [1.54, 1.807) is 0 Å². The molecule has 10 heteroatoms. The van der Waals surface area contributed by atoms with Crippen molar-refractivity contribution in [2.75, 3.05) is 0 Å². The lowest BCUT2D eigenvalue weighted by atomic mass is 10.3. The predicted molar refractivity (Wildman–Crippen MR) is 116 cm³/mol. The molecule has 0 unspecified atom stereocenters. The summed E-state index contributed by atoms with van der Waals surface area (Å²) in [5.74, 6) is 0. The van der Waals surface area contributed by atoms with Crippen molar-refractivity contribution in [3.8, 4) is 0 Å². The predicted octanol–water partition coefficient (Wildman–Crippen LogP) is 2.10. The van der Waals surface area contributed by atoms with Crippen LogP contribution in [0.5, 0.6) is 0 Å². The van der Waals surface area contributed by atoms with E-state index in [9.17, 15) is 25.9 Å². The zero-order valence-corrected chi connectivity index (χ0v) is 20.1. The van der Waals surface area contributed by atoms with Gasteiger partial charge in [-0.15, -0.1) is 0 Å². The zero-order chi connectivity index (χ0) is 24.4. The van der Waals surface area contributed by atoms with Crippen LogP contribution in [0.2, 0.25) is 0 Å². The zero-order valence-electron chi connectivity index (χ0n) is 18.5. The highest BCUT2D eigenvalue weighted by Crippen LogP contribution is 2.13. The molecule has 0 aliphatic heterocycles. The molecule has 0 saturated carbocycles. The van der Waals surface area contributed by atoms with Gasteiger partial charge in [0.25, 0.3) is 0 Å². The van der Waals surface area contributed by atoms with E-state index < -0.39 is 30.0 Å². The molecular weight excluding hydrogens is 452 g/mol. The highest BCUT2D eigenvalue weighted by Gasteiger charge is 2.04. The Morgan fingerprint density at radius 1 is 0.594 bits per heavy atom. The molecule has 0 saturated heterocycles. The van der Waals surface area contributed by atoms with E-state index in [1.807, 2.05) is 0 Å². The van der Waals surface area contributed by atoms with Crippen molar-refractivity contribution in [3.63, 3.8) is 0 Å². The van der Waals surface area contributed by atoms with Gasteiger partial charge in [0.05, 0.1) is 9.79 Å². The third-order valence-electron chi connectivity index (χ3n) is 4.25. The van der Waals surface area contributed by atoms with Gasteiger partial charge in [0.15, 0.2) is 24.8 Å². The average Bonchev–Trinajstić information content (AvgIpc) is 2.75. The highest BCUT2D eigenvalue weighted by atomic mass is 32.2. The van der Waals surface area contributed by atoms with Crippen molar-refractivity contribution in [2.24, 2.45) is 0 Å². The van der Waals surface area contributed by atoms with Gasteiger partial charge in [0.2, 0.25) is 0 Å². The maximum Gasteiger partial charge on any atom is 0.169 e. The molecule has 0 amide bonds. The fourth-order valence-corrected chi connectivity index (χ4v) is 3.20. The molecule has 0 fully saturated rings. The first-order valence-corrected chi connectivity index (χ1v) is 12.6. The summed E-state index contributed by atoms with van der Waals surface area (Å²) in [7, 11) is -9.22. The normalized spacial score (nSPS) is 10.9. The second-order valence-corrected chi connectivity index (χ2v) is 9.55. The molecule has 0 atom stereocenters. The number of nitrogens with zero attached hydrogens (tertiary/aromatic N) is 2. The van der Waals surface area contributed by atoms with E-state index in [0.29, 0.717) is 0 Å². The van der Waals surface area contributed by atoms with Gasteiger partial charge in [-0.2, -0.15) is 0 Å². The number of benzene rings is 1. The lowest BCUT2D eigenvalue weighted by Gasteiger charge is -2.09. The van der Waals surface area contributed by atoms with Gasteiger partial charge >= 0.3 is 0 Å². The summed E-state index contributed by atoms with van der Waals surface area (Å²) in [5.41, 5.74) is 2.64. The molecule has 3 rings (SSSR count). The fraction of sp³-hybridized carbons (Fsp3) is 0.273. The lowest BCUT2D eigenvalue weighted by molar-refractivity contribution is -0.693. The Hall–Kier alpha value is -2.66. The van der Waals surface area contributed by atoms with Gasteiger partial charge in [0, 0.05) is 24.3 Å². The van der Waals surface area contributed by atoms with Crippen molar-refractivity contribution in [1.29, 1.82) is 0 Å². The van der Waals surface area contributed by atoms with Gasteiger partial charge in [-0.3, -0.25) is 0 Å². The minimum Gasteiger partial charge on any atom is -0.744 e. The van der Waals surface area contributed by atoms with Gasteiger partial charge in [0.1, 0.15) is 33.3 Å². The number of aryl methyl sites for hydroxylation is 4. The van der Waals surface area contributed by atoms with E-state index >= 15 is 0 Å². The summed E-state index contributed by atoms with van der Waals surface area (Å²) >= 11 is 0. The summed E-state index contributed by atoms with van der Waals surface area (Å²) in [6.07, 6.45) is 8.37. The summed E-state index contributed by atoms with van der Waals surface area (Å²) < 4.78 is 66.8. The van der Waals surface area contributed by atoms with Gasteiger partial charge in [-0.05, 0) is 63.1 Å². The highest BCUT2D eigenvalue weighted by molar-refractivity contribution is 7.86. The Balaban J connectivity index is 0.000000250. The molecule has 0 N–H and O–H groups in total. The molecular formula is C22H28N2O6S2. The first-order valence-electron chi connectivity index (χ1n) is 9.80. The number of aromatic nitrogens is 2. The molecule has 3 aromatic rings. The number of hydrogen-bond acceptors (Lipinski definition) is 6. The van der Waals surface area contributed by atoms with Crippen LogP contribution in [-0.4, -0.2) is 25.9 Å². The van der Waals surface area contributed by atoms with Crippen LogP contribution in [0, 0.1) is 13.8 Å². The van der Waals surface area contributed by atoms with Gasteiger partial charge < -0.3 is 9.11 Å². The summed E-state index contributed by atoms with van der Waals surface area (Å²) in [5, 5.41) is 0. The van der Waals surface area contributed by atoms with E-state index in [0.717, 1.165) is 37.4 Å². The Morgan fingerprint density at radius 2 is 0.844 bits per heavy atom. The molecule has 32 heavy (non-hydrogen) atoms. The molecule has 1 aromatic carbocycles. The van der Waals surface area contributed by atoms with Crippen molar-refractivity contribution in [2.45, 2.75) is 50.6 Å². The monoisotopic (exact) mass is 480 g/mol. The standard InChI is InChI=1S/2C8H12N.C6H6O6S2/c2*1-3-9-6-4-8(2)5-7-9;7-13(8,9)5-1-2-6(4-3-5)14(10,11)12/h2*4-7H,3H2,1-2H3;1-4H,(H,7,8,9)(H,10,11,12)/q2*+1;/p-2. The molecule has 0 aliphatic carbocycles. The topological polar surface area (TPSA) is 122 Å². The number of hydrogen-bond donors (Lipinski definition) is 0. The van der Waals surface area contributed by atoms with Crippen LogP contribution in [0.3, 0.4) is 0 Å². The third kappa shape index (κ3) is 10.1. The van der Waals surface area contributed by atoms with Crippen LogP contribution in [0.4, 0.5) is 0 Å². The van der Waals surface area contributed by atoms with Crippen LogP contribution in [0.1, 0.15) is 25.0 Å². The van der Waals surface area contributed by atoms with Crippen molar-refractivity contribution in [1.82, 2.24) is 0 Å². The summed E-state index contributed by atoms with van der Waals surface area (Å²) in [6, 6.07) is 11.5. The van der Waals surface area contributed by atoms with Gasteiger partial charge in [-0.25, -0.2) is 26.0 Å². The van der Waals surface area contributed by atoms with Crippen LogP contribution in [0.15, 0.2) is 83.1 Å². The molecule has 0 spiro atoms. The molecule has 2 aromatic heterocycles. The van der Waals surface area contributed by atoms with Crippen LogP contribution in [-0.2, 0) is 33.3 Å². The van der Waals surface area contributed by atoms with Crippen LogP contribution >= 0.6 is 0 Å². The van der Waals surface area contributed by atoms with Crippen molar-refractivity contribution >= 4 is 20.2 Å². The number of pyridine rings is 2. The second-order valence-electron chi connectivity index (χ2n) is 6.79. The molecule has 8 nitrogen and oxygen atoms in total. The first-order chi connectivity index (χ1) is 14.9. The Labute approximate surface area is 190 Å². The lowest BCUT2D eigenvalue weighted by Crippen LogP contribution is -2.30.